The third kappa shape index (κ3) is 5.03. The number of carbonyl (C=O) groups is 1. The Labute approximate surface area is 245 Å². The van der Waals surface area contributed by atoms with Gasteiger partial charge in [0.25, 0.3) is 5.56 Å². The van der Waals surface area contributed by atoms with Crippen LogP contribution in [0.2, 0.25) is 5.02 Å². The number of alkyl halides is 3. The molecule has 7 nitrogen and oxygen atoms in total. The summed E-state index contributed by atoms with van der Waals surface area (Å²) in [5, 5.41) is 0.392. The van der Waals surface area contributed by atoms with Crippen molar-refractivity contribution < 1.29 is 22.7 Å². The molecule has 1 amide bonds. The van der Waals surface area contributed by atoms with Gasteiger partial charge in [0, 0.05) is 31.3 Å². The monoisotopic (exact) mass is 596 g/mol. The molecule has 2 heterocycles. The van der Waals surface area contributed by atoms with E-state index in [4.69, 9.17) is 21.3 Å². The van der Waals surface area contributed by atoms with Gasteiger partial charge in [-0.05, 0) is 36.6 Å². The number of hydrogen-bond acceptors (Lipinski definition) is 5. The highest BCUT2D eigenvalue weighted by atomic mass is 35.5. The minimum atomic E-state index is -4.36. The minimum absolute atomic E-state index is 0.0145. The first-order chi connectivity index (χ1) is 20.0. The lowest BCUT2D eigenvalue weighted by Gasteiger charge is -2.29. The molecule has 1 unspecified atom stereocenters. The second kappa shape index (κ2) is 10.7. The summed E-state index contributed by atoms with van der Waals surface area (Å²) in [6.07, 6.45) is -5.29. The molecular formula is C31H28ClF3N4O3. The third-order valence-electron chi connectivity index (χ3n) is 8.16. The van der Waals surface area contributed by atoms with E-state index in [0.717, 1.165) is 22.3 Å². The van der Waals surface area contributed by atoms with Crippen LogP contribution in [0, 0.1) is 0 Å². The van der Waals surface area contributed by atoms with E-state index in [1.807, 2.05) is 48.5 Å². The van der Waals surface area contributed by atoms with Crippen LogP contribution in [-0.2, 0) is 4.74 Å². The molecule has 42 heavy (non-hydrogen) atoms. The van der Waals surface area contributed by atoms with Crippen molar-refractivity contribution in [3.63, 3.8) is 0 Å². The standard InChI is InChI=1S/C31H28ClF3N4O3/c1-18(37(2)30(41)42-27-22-10-5-3-8-20(22)21-9-4-6-11-23(21)27)28-36-25-13-7-12-24(32)26(25)29(40)39(28)19-14-15-38(16-19)17-31(33,34)35/h3-13,18-19,27H,14-17H2,1-2H3/t18-,19?/m0/s1. The topological polar surface area (TPSA) is 67.7 Å². The van der Waals surface area contributed by atoms with Gasteiger partial charge >= 0.3 is 12.3 Å². The van der Waals surface area contributed by atoms with Crippen LogP contribution in [0.25, 0.3) is 22.0 Å². The Morgan fingerprint density at radius 2 is 1.71 bits per heavy atom. The van der Waals surface area contributed by atoms with Crippen molar-refractivity contribution in [2.24, 2.45) is 0 Å². The summed E-state index contributed by atoms with van der Waals surface area (Å²) >= 11 is 6.38. The zero-order valence-corrected chi connectivity index (χ0v) is 23.7. The number of ether oxygens (including phenoxy) is 1. The zero-order valence-electron chi connectivity index (χ0n) is 22.9. The van der Waals surface area contributed by atoms with Gasteiger partial charge < -0.3 is 9.64 Å². The zero-order chi connectivity index (χ0) is 29.8. The van der Waals surface area contributed by atoms with Gasteiger partial charge in [-0.1, -0.05) is 66.2 Å². The van der Waals surface area contributed by atoms with Crippen LogP contribution < -0.4 is 5.56 Å². The number of likely N-dealkylation sites (tertiary alicyclic amines) is 1. The average molecular weight is 597 g/mol. The molecule has 1 aromatic heterocycles. The number of aromatic nitrogens is 2. The Kier molecular flexibility index (Phi) is 7.22. The first-order valence-electron chi connectivity index (χ1n) is 13.6. The lowest BCUT2D eigenvalue weighted by atomic mass is 10.1. The average Bonchev–Trinajstić information content (AvgIpc) is 3.53. The van der Waals surface area contributed by atoms with Gasteiger partial charge in [-0.3, -0.25) is 14.3 Å². The predicted octanol–water partition coefficient (Wildman–Crippen LogP) is 6.76. The molecule has 2 atom stereocenters. The normalized spacial score (nSPS) is 17.7. The number of nitrogens with zero attached hydrogens (tertiary/aromatic N) is 4. The molecule has 0 spiro atoms. The molecule has 2 aliphatic rings. The highest BCUT2D eigenvalue weighted by Crippen LogP contribution is 2.45. The smallest absolute Gasteiger partial charge is 0.411 e. The molecule has 1 aliphatic heterocycles. The van der Waals surface area contributed by atoms with Crippen molar-refractivity contribution in [2.45, 2.75) is 37.7 Å². The van der Waals surface area contributed by atoms with Crippen molar-refractivity contribution in [2.75, 3.05) is 26.7 Å². The first kappa shape index (κ1) is 28.2. The molecular weight excluding hydrogens is 569 g/mol. The second-order valence-corrected chi connectivity index (χ2v) is 11.2. The lowest BCUT2D eigenvalue weighted by molar-refractivity contribution is -0.143. The molecule has 0 N–H and O–H groups in total. The predicted molar refractivity (Wildman–Crippen MR) is 154 cm³/mol. The summed E-state index contributed by atoms with van der Waals surface area (Å²) in [7, 11) is 1.56. The molecule has 1 aliphatic carbocycles. The van der Waals surface area contributed by atoms with E-state index >= 15 is 0 Å². The van der Waals surface area contributed by atoms with Crippen LogP contribution >= 0.6 is 11.6 Å². The highest BCUT2D eigenvalue weighted by molar-refractivity contribution is 6.35. The second-order valence-electron chi connectivity index (χ2n) is 10.8. The van der Waals surface area contributed by atoms with Crippen LogP contribution in [0.15, 0.2) is 71.5 Å². The van der Waals surface area contributed by atoms with Crippen molar-refractivity contribution >= 4 is 28.6 Å². The van der Waals surface area contributed by atoms with Gasteiger partial charge in [0.1, 0.15) is 5.82 Å². The Balaban J connectivity index is 1.34. The van der Waals surface area contributed by atoms with E-state index in [1.54, 1.807) is 32.2 Å². The number of benzene rings is 3. The maximum absolute atomic E-state index is 13.9. The fourth-order valence-electron chi connectivity index (χ4n) is 6.04. The van der Waals surface area contributed by atoms with Gasteiger partial charge in [-0.15, -0.1) is 0 Å². The van der Waals surface area contributed by atoms with E-state index in [2.05, 4.69) is 0 Å². The molecule has 1 fully saturated rings. The van der Waals surface area contributed by atoms with Gasteiger partial charge in [0.2, 0.25) is 0 Å². The molecule has 3 aromatic carbocycles. The van der Waals surface area contributed by atoms with E-state index in [0.29, 0.717) is 11.9 Å². The van der Waals surface area contributed by atoms with Crippen LogP contribution in [0.5, 0.6) is 0 Å². The summed E-state index contributed by atoms with van der Waals surface area (Å²) in [4.78, 5) is 34.8. The summed E-state index contributed by atoms with van der Waals surface area (Å²) in [6.45, 7) is 0.834. The number of amides is 1. The van der Waals surface area contributed by atoms with Crippen LogP contribution in [0.4, 0.5) is 18.0 Å². The fraction of sp³-hybridized carbons (Fsp3) is 0.323. The summed E-state index contributed by atoms with van der Waals surface area (Å²) in [5.74, 6) is 0.250. The van der Waals surface area contributed by atoms with Gasteiger partial charge in [0.15, 0.2) is 6.10 Å². The molecule has 0 bridgehead atoms. The molecule has 1 saturated heterocycles. The van der Waals surface area contributed by atoms with Crippen molar-refractivity contribution in [1.29, 1.82) is 0 Å². The third-order valence-corrected chi connectivity index (χ3v) is 8.47. The molecule has 4 aromatic rings. The molecule has 0 radical (unpaired) electrons. The number of fused-ring (bicyclic) bond motifs is 4. The summed E-state index contributed by atoms with van der Waals surface area (Å²) in [6, 6.07) is 19.0. The van der Waals surface area contributed by atoms with Crippen molar-refractivity contribution in [3.8, 4) is 11.1 Å². The lowest BCUT2D eigenvalue weighted by Crippen LogP contribution is -2.38. The van der Waals surface area contributed by atoms with Crippen LogP contribution in [0.1, 0.15) is 48.5 Å². The Hall–Kier alpha value is -3.89. The molecule has 0 saturated carbocycles. The molecule has 218 valence electrons. The van der Waals surface area contributed by atoms with Gasteiger partial charge in [0.05, 0.1) is 34.6 Å². The van der Waals surface area contributed by atoms with Crippen LogP contribution in [0.3, 0.4) is 0 Å². The Bertz CT molecular complexity index is 1700. The SMILES string of the molecule is C[C@@H](c1nc2cccc(Cl)c2c(=O)n1C1CCN(CC(F)(F)F)C1)N(C)C(=O)OC1c2ccccc2-c2ccccc21. The van der Waals surface area contributed by atoms with E-state index in [1.165, 1.54) is 14.4 Å². The van der Waals surface area contributed by atoms with E-state index in [9.17, 15) is 22.8 Å². The van der Waals surface area contributed by atoms with E-state index < -0.39 is 42.6 Å². The van der Waals surface area contributed by atoms with Gasteiger partial charge in [-0.25, -0.2) is 9.78 Å². The maximum Gasteiger partial charge on any atom is 0.411 e. The quantitative estimate of drug-likeness (QED) is 0.255. The van der Waals surface area contributed by atoms with Crippen LogP contribution in [-0.4, -0.2) is 58.3 Å². The van der Waals surface area contributed by atoms with Crippen molar-refractivity contribution in [1.82, 2.24) is 19.4 Å². The van der Waals surface area contributed by atoms with E-state index in [-0.39, 0.29) is 29.3 Å². The summed E-state index contributed by atoms with van der Waals surface area (Å²) in [5.41, 5.74) is 3.63. The largest absolute Gasteiger partial charge is 0.436 e. The highest BCUT2D eigenvalue weighted by Gasteiger charge is 2.38. The Morgan fingerprint density at radius 3 is 2.36 bits per heavy atom. The maximum atomic E-state index is 13.9. The number of halogens is 4. The number of carbonyl (C=O) groups excluding carboxylic acids is 1. The number of hydrogen-bond donors (Lipinski definition) is 0. The first-order valence-corrected chi connectivity index (χ1v) is 14.0. The summed E-state index contributed by atoms with van der Waals surface area (Å²) < 4.78 is 46.9. The molecule has 6 rings (SSSR count). The Morgan fingerprint density at radius 1 is 1.07 bits per heavy atom. The van der Waals surface area contributed by atoms with Gasteiger partial charge in [-0.2, -0.15) is 13.2 Å². The van der Waals surface area contributed by atoms with Crippen molar-refractivity contribution in [3.05, 3.63) is 99.1 Å². The molecule has 11 heteroatoms. The number of rotatable bonds is 5. The fourth-order valence-corrected chi connectivity index (χ4v) is 6.29. The minimum Gasteiger partial charge on any atom is -0.436 e.